The van der Waals surface area contributed by atoms with Crippen molar-refractivity contribution in [2.24, 2.45) is 0 Å². The summed E-state index contributed by atoms with van der Waals surface area (Å²) < 4.78 is 0. The number of anilines is 1. The first-order chi connectivity index (χ1) is 12.2. The van der Waals surface area contributed by atoms with Gasteiger partial charge in [-0.25, -0.2) is 0 Å². The van der Waals surface area contributed by atoms with Crippen LogP contribution in [-0.2, 0) is 0 Å². The van der Waals surface area contributed by atoms with Gasteiger partial charge in [0.05, 0.1) is 16.2 Å². The standard InChI is InChI=1S/C18H18ClN3O4/c1-10(2)20-18(24)14-8-7-12(19)9-15(14)21-17(23)13-5-4-6-16(11(13)3)22(25)26/h4-10H,1-3H3,(H,20,24)(H,21,23). The Balaban J connectivity index is 2.38. The van der Waals surface area contributed by atoms with Gasteiger partial charge in [-0.15, -0.1) is 0 Å². The number of nitro benzene ring substituents is 1. The number of carbonyl (C=O) groups is 2. The first-order valence-electron chi connectivity index (χ1n) is 7.86. The Morgan fingerprint density at radius 2 is 1.81 bits per heavy atom. The molecule has 0 saturated carbocycles. The maximum atomic E-state index is 12.6. The van der Waals surface area contributed by atoms with E-state index in [1.807, 2.05) is 13.8 Å². The third kappa shape index (κ3) is 4.37. The Bertz CT molecular complexity index is 881. The average molecular weight is 376 g/mol. The van der Waals surface area contributed by atoms with Gasteiger partial charge < -0.3 is 10.6 Å². The number of carbonyl (C=O) groups excluding carboxylic acids is 2. The van der Waals surface area contributed by atoms with E-state index in [0.29, 0.717) is 5.02 Å². The van der Waals surface area contributed by atoms with E-state index in [1.165, 1.54) is 37.3 Å². The summed E-state index contributed by atoms with van der Waals surface area (Å²) in [4.78, 5) is 35.4. The zero-order valence-electron chi connectivity index (χ0n) is 14.5. The van der Waals surface area contributed by atoms with E-state index in [-0.39, 0.29) is 40.0 Å². The molecule has 0 aliphatic heterocycles. The number of amides is 2. The van der Waals surface area contributed by atoms with Crippen molar-refractivity contribution in [3.63, 3.8) is 0 Å². The Hall–Kier alpha value is -2.93. The van der Waals surface area contributed by atoms with Crippen LogP contribution in [0.5, 0.6) is 0 Å². The Kier molecular flexibility index (Phi) is 5.94. The van der Waals surface area contributed by atoms with Gasteiger partial charge in [0.25, 0.3) is 17.5 Å². The molecule has 8 heteroatoms. The van der Waals surface area contributed by atoms with Gasteiger partial charge in [-0.3, -0.25) is 19.7 Å². The molecular formula is C18H18ClN3O4. The van der Waals surface area contributed by atoms with Crippen molar-refractivity contribution in [3.8, 4) is 0 Å². The average Bonchev–Trinajstić information content (AvgIpc) is 2.53. The minimum Gasteiger partial charge on any atom is -0.350 e. The molecule has 136 valence electrons. The second-order valence-corrected chi connectivity index (χ2v) is 6.42. The summed E-state index contributed by atoms with van der Waals surface area (Å²) in [7, 11) is 0. The molecule has 2 amide bonds. The van der Waals surface area contributed by atoms with Crippen LogP contribution in [0.25, 0.3) is 0 Å². The third-order valence-corrected chi connectivity index (χ3v) is 3.88. The first-order valence-corrected chi connectivity index (χ1v) is 8.24. The van der Waals surface area contributed by atoms with Crippen molar-refractivity contribution in [1.82, 2.24) is 5.32 Å². The van der Waals surface area contributed by atoms with Crippen LogP contribution in [-0.4, -0.2) is 22.8 Å². The van der Waals surface area contributed by atoms with E-state index in [4.69, 9.17) is 11.6 Å². The fraction of sp³-hybridized carbons (Fsp3) is 0.222. The number of benzene rings is 2. The molecule has 0 aliphatic rings. The fourth-order valence-corrected chi connectivity index (χ4v) is 2.59. The van der Waals surface area contributed by atoms with Crippen LogP contribution in [0.15, 0.2) is 36.4 Å². The number of hydrogen-bond acceptors (Lipinski definition) is 4. The number of rotatable bonds is 5. The first kappa shape index (κ1) is 19.4. The van der Waals surface area contributed by atoms with E-state index in [9.17, 15) is 19.7 Å². The summed E-state index contributed by atoms with van der Waals surface area (Å²) >= 11 is 5.98. The summed E-state index contributed by atoms with van der Waals surface area (Å²) in [5.41, 5.74) is 0.715. The summed E-state index contributed by atoms with van der Waals surface area (Å²) in [6, 6.07) is 8.68. The summed E-state index contributed by atoms with van der Waals surface area (Å²) in [5.74, 6) is -0.921. The van der Waals surface area contributed by atoms with E-state index < -0.39 is 10.8 Å². The molecule has 0 heterocycles. The van der Waals surface area contributed by atoms with Gasteiger partial charge in [-0.2, -0.15) is 0 Å². The Labute approximate surface area is 155 Å². The lowest BCUT2D eigenvalue weighted by Crippen LogP contribution is -2.31. The van der Waals surface area contributed by atoms with Crippen molar-refractivity contribution in [3.05, 3.63) is 68.2 Å². The molecule has 0 radical (unpaired) electrons. The van der Waals surface area contributed by atoms with Gasteiger partial charge in [0.1, 0.15) is 0 Å². The lowest BCUT2D eigenvalue weighted by atomic mass is 10.1. The zero-order chi connectivity index (χ0) is 19.4. The monoisotopic (exact) mass is 375 g/mol. The van der Waals surface area contributed by atoms with Gasteiger partial charge in [0, 0.05) is 28.3 Å². The van der Waals surface area contributed by atoms with Gasteiger partial charge >= 0.3 is 0 Å². The highest BCUT2D eigenvalue weighted by molar-refractivity contribution is 6.31. The molecule has 0 aliphatic carbocycles. The minimum absolute atomic E-state index is 0.0826. The molecule has 0 fully saturated rings. The number of nitro groups is 1. The van der Waals surface area contributed by atoms with Crippen LogP contribution in [0, 0.1) is 17.0 Å². The lowest BCUT2D eigenvalue weighted by molar-refractivity contribution is -0.385. The van der Waals surface area contributed by atoms with Crippen molar-refractivity contribution in [2.75, 3.05) is 5.32 Å². The molecule has 0 unspecified atom stereocenters. The molecule has 0 spiro atoms. The molecule has 2 rings (SSSR count). The highest BCUT2D eigenvalue weighted by Crippen LogP contribution is 2.25. The van der Waals surface area contributed by atoms with Crippen LogP contribution < -0.4 is 10.6 Å². The number of nitrogens with one attached hydrogen (secondary N) is 2. The van der Waals surface area contributed by atoms with Crippen LogP contribution in [0.3, 0.4) is 0 Å². The van der Waals surface area contributed by atoms with E-state index >= 15 is 0 Å². The number of hydrogen-bond donors (Lipinski definition) is 2. The maximum Gasteiger partial charge on any atom is 0.273 e. The number of halogens is 1. The lowest BCUT2D eigenvalue weighted by Gasteiger charge is -2.14. The van der Waals surface area contributed by atoms with Crippen LogP contribution >= 0.6 is 11.6 Å². The van der Waals surface area contributed by atoms with Crippen molar-refractivity contribution >= 4 is 34.8 Å². The predicted molar refractivity (Wildman–Crippen MR) is 99.8 cm³/mol. The maximum absolute atomic E-state index is 12.6. The summed E-state index contributed by atoms with van der Waals surface area (Å²) in [5, 5.41) is 16.8. The molecule has 0 atom stereocenters. The second-order valence-electron chi connectivity index (χ2n) is 5.98. The van der Waals surface area contributed by atoms with Crippen molar-refractivity contribution < 1.29 is 14.5 Å². The van der Waals surface area contributed by atoms with Gasteiger partial charge in [0.2, 0.25) is 0 Å². The van der Waals surface area contributed by atoms with E-state index in [2.05, 4.69) is 10.6 Å². The van der Waals surface area contributed by atoms with Gasteiger partial charge in [-0.05, 0) is 45.0 Å². The molecule has 2 aromatic rings. The molecule has 26 heavy (non-hydrogen) atoms. The van der Waals surface area contributed by atoms with E-state index in [1.54, 1.807) is 6.07 Å². The third-order valence-electron chi connectivity index (χ3n) is 3.64. The van der Waals surface area contributed by atoms with Crippen LogP contribution in [0.1, 0.15) is 40.1 Å². The fourth-order valence-electron chi connectivity index (χ4n) is 2.41. The predicted octanol–water partition coefficient (Wildman–Crippen LogP) is 3.95. The van der Waals surface area contributed by atoms with Gasteiger partial charge in [0.15, 0.2) is 0 Å². The van der Waals surface area contributed by atoms with Gasteiger partial charge in [-0.1, -0.05) is 17.7 Å². The largest absolute Gasteiger partial charge is 0.350 e. The van der Waals surface area contributed by atoms with Crippen molar-refractivity contribution in [2.45, 2.75) is 26.8 Å². The van der Waals surface area contributed by atoms with Crippen LogP contribution in [0.4, 0.5) is 11.4 Å². The second kappa shape index (κ2) is 7.97. The number of nitrogens with zero attached hydrogens (tertiary/aromatic N) is 1. The highest BCUT2D eigenvalue weighted by Gasteiger charge is 2.20. The highest BCUT2D eigenvalue weighted by atomic mass is 35.5. The zero-order valence-corrected chi connectivity index (χ0v) is 15.3. The van der Waals surface area contributed by atoms with Crippen LogP contribution in [0.2, 0.25) is 5.02 Å². The Morgan fingerprint density at radius 1 is 1.12 bits per heavy atom. The molecule has 7 nitrogen and oxygen atoms in total. The summed E-state index contributed by atoms with van der Waals surface area (Å²) in [6.45, 7) is 5.13. The minimum atomic E-state index is -0.563. The molecule has 0 saturated heterocycles. The van der Waals surface area contributed by atoms with E-state index in [0.717, 1.165) is 0 Å². The quantitative estimate of drug-likeness (QED) is 0.610. The molecule has 0 bridgehead atoms. The normalized spacial score (nSPS) is 10.5. The van der Waals surface area contributed by atoms with Crippen molar-refractivity contribution in [1.29, 1.82) is 0 Å². The molecule has 2 N–H and O–H groups in total. The smallest absolute Gasteiger partial charge is 0.273 e. The SMILES string of the molecule is Cc1c(C(=O)Nc2cc(Cl)ccc2C(=O)NC(C)C)cccc1[N+](=O)[O-]. The molecular weight excluding hydrogens is 358 g/mol. The topological polar surface area (TPSA) is 101 Å². The summed E-state index contributed by atoms with van der Waals surface area (Å²) in [6.07, 6.45) is 0. The molecule has 2 aromatic carbocycles. The Morgan fingerprint density at radius 3 is 2.42 bits per heavy atom. The molecule has 0 aromatic heterocycles.